The van der Waals surface area contributed by atoms with Crippen molar-refractivity contribution in [1.29, 1.82) is 0 Å². The Hall–Kier alpha value is -2.97. The van der Waals surface area contributed by atoms with E-state index in [9.17, 15) is 14.7 Å². The molecule has 0 spiro atoms. The van der Waals surface area contributed by atoms with Gasteiger partial charge in [-0.25, -0.2) is 9.48 Å². The highest BCUT2D eigenvalue weighted by atomic mass is 16.5. The largest absolute Gasteiger partial charge is 0.476 e. The quantitative estimate of drug-likeness (QED) is 0.730. The van der Waals surface area contributed by atoms with Gasteiger partial charge in [-0.05, 0) is 6.92 Å². The summed E-state index contributed by atoms with van der Waals surface area (Å²) in [5, 5.41) is 20.9. The summed E-state index contributed by atoms with van der Waals surface area (Å²) >= 11 is 0. The molecule has 3 aromatic heterocycles. The van der Waals surface area contributed by atoms with E-state index in [0.717, 1.165) is 10.2 Å². The van der Waals surface area contributed by atoms with Crippen LogP contribution >= 0.6 is 0 Å². The van der Waals surface area contributed by atoms with Gasteiger partial charge in [0.1, 0.15) is 5.76 Å². The molecule has 0 aliphatic rings. The minimum absolute atomic E-state index is 0.0382. The molecule has 0 aromatic carbocycles. The molecule has 0 atom stereocenters. The molecular formula is C12H11N5O4. The number of hydrogen-bond acceptors (Lipinski definition) is 6. The Bertz CT molecular complexity index is 904. The van der Waals surface area contributed by atoms with E-state index in [1.54, 1.807) is 24.1 Å². The maximum Gasteiger partial charge on any atom is 0.357 e. The van der Waals surface area contributed by atoms with Crippen LogP contribution in [-0.4, -0.2) is 35.8 Å². The molecule has 0 radical (unpaired) electrons. The summed E-state index contributed by atoms with van der Waals surface area (Å²) in [4.78, 5) is 23.6. The Morgan fingerprint density at radius 3 is 2.86 bits per heavy atom. The number of carboxylic acids is 1. The second-order valence-corrected chi connectivity index (χ2v) is 4.60. The molecule has 0 aliphatic heterocycles. The molecule has 0 unspecified atom stereocenters. The Balaban J connectivity index is 2.21. The first-order chi connectivity index (χ1) is 9.97. The predicted molar refractivity (Wildman–Crippen MR) is 70.1 cm³/mol. The molecule has 0 saturated carbocycles. The third kappa shape index (κ3) is 2.08. The van der Waals surface area contributed by atoms with Gasteiger partial charge in [-0.15, -0.1) is 0 Å². The molecule has 0 fully saturated rings. The fourth-order valence-corrected chi connectivity index (χ4v) is 2.12. The second kappa shape index (κ2) is 4.54. The molecule has 3 heterocycles. The number of rotatable bonds is 3. The van der Waals surface area contributed by atoms with E-state index in [1.807, 2.05) is 0 Å². The van der Waals surface area contributed by atoms with E-state index >= 15 is 0 Å². The van der Waals surface area contributed by atoms with E-state index < -0.39 is 11.5 Å². The molecule has 9 heteroatoms. The highest BCUT2D eigenvalue weighted by Crippen LogP contribution is 2.17. The molecule has 21 heavy (non-hydrogen) atoms. The monoisotopic (exact) mass is 289 g/mol. The number of fused-ring (bicyclic) bond motifs is 1. The lowest BCUT2D eigenvalue weighted by molar-refractivity contribution is 0.0690. The fourth-order valence-electron chi connectivity index (χ4n) is 2.12. The molecule has 108 valence electrons. The van der Waals surface area contributed by atoms with Crippen molar-refractivity contribution < 1.29 is 14.4 Å². The van der Waals surface area contributed by atoms with Crippen molar-refractivity contribution in [3.8, 4) is 0 Å². The third-order valence-electron chi connectivity index (χ3n) is 3.05. The first-order valence-corrected chi connectivity index (χ1v) is 6.05. The lowest BCUT2D eigenvalue weighted by Gasteiger charge is -2.04. The lowest BCUT2D eigenvalue weighted by Crippen LogP contribution is -2.26. The van der Waals surface area contributed by atoms with Crippen LogP contribution in [0.3, 0.4) is 0 Å². The zero-order valence-electron chi connectivity index (χ0n) is 11.3. The summed E-state index contributed by atoms with van der Waals surface area (Å²) < 4.78 is 7.54. The molecule has 3 aromatic rings. The van der Waals surface area contributed by atoms with Crippen LogP contribution in [0, 0.1) is 6.92 Å². The predicted octanol–water partition coefficient (Wildman–Crippen LogP) is 0.173. The molecule has 0 saturated heterocycles. The van der Waals surface area contributed by atoms with Gasteiger partial charge in [0, 0.05) is 18.8 Å². The van der Waals surface area contributed by atoms with Gasteiger partial charge < -0.3 is 9.63 Å². The smallest absolute Gasteiger partial charge is 0.357 e. The highest BCUT2D eigenvalue weighted by Gasteiger charge is 2.21. The van der Waals surface area contributed by atoms with Crippen molar-refractivity contribution in [2.45, 2.75) is 13.5 Å². The van der Waals surface area contributed by atoms with Crippen LogP contribution in [0.2, 0.25) is 0 Å². The highest BCUT2D eigenvalue weighted by molar-refractivity contribution is 6.00. The Labute approximate surface area is 117 Å². The normalized spacial score (nSPS) is 11.1. The zero-order valence-corrected chi connectivity index (χ0v) is 11.3. The number of aromatic carboxylic acids is 1. The molecule has 1 N–H and O–H groups in total. The number of hydrogen-bond donors (Lipinski definition) is 1. The van der Waals surface area contributed by atoms with Gasteiger partial charge >= 0.3 is 5.97 Å². The van der Waals surface area contributed by atoms with Crippen LogP contribution in [0.15, 0.2) is 21.7 Å². The maximum atomic E-state index is 12.3. The average Bonchev–Trinajstić information content (AvgIpc) is 3.00. The van der Waals surface area contributed by atoms with Gasteiger partial charge in [-0.1, -0.05) is 5.16 Å². The van der Waals surface area contributed by atoms with E-state index in [1.165, 1.54) is 6.92 Å². The van der Waals surface area contributed by atoms with Gasteiger partial charge in [0.15, 0.2) is 11.2 Å². The van der Waals surface area contributed by atoms with Crippen molar-refractivity contribution in [3.63, 3.8) is 0 Å². The van der Waals surface area contributed by atoms with E-state index in [2.05, 4.69) is 15.4 Å². The number of nitrogens with zero attached hydrogens (tertiary/aromatic N) is 5. The van der Waals surface area contributed by atoms with Gasteiger partial charge in [0.2, 0.25) is 0 Å². The second-order valence-electron chi connectivity index (χ2n) is 4.60. The van der Waals surface area contributed by atoms with Crippen molar-refractivity contribution in [1.82, 2.24) is 24.7 Å². The van der Waals surface area contributed by atoms with Crippen molar-refractivity contribution in [2.75, 3.05) is 0 Å². The third-order valence-corrected chi connectivity index (χ3v) is 3.05. The number of carboxylic acid groups (broad SMARTS) is 1. The van der Waals surface area contributed by atoms with Gasteiger partial charge in [0.25, 0.3) is 5.56 Å². The first kappa shape index (κ1) is 13.0. The van der Waals surface area contributed by atoms with Gasteiger partial charge in [0.05, 0.1) is 18.1 Å². The van der Waals surface area contributed by atoms with Gasteiger partial charge in [-0.3, -0.25) is 9.48 Å². The summed E-state index contributed by atoms with van der Waals surface area (Å²) in [6.45, 7) is 1.64. The number of aromatic nitrogens is 5. The van der Waals surface area contributed by atoms with E-state index in [4.69, 9.17) is 4.52 Å². The molecule has 0 amide bonds. The minimum atomic E-state index is -1.24. The summed E-state index contributed by atoms with van der Waals surface area (Å²) in [5.74, 6) is -0.994. The summed E-state index contributed by atoms with van der Waals surface area (Å²) in [5.41, 5.74) is -0.0743. The van der Waals surface area contributed by atoms with E-state index in [-0.39, 0.29) is 28.9 Å². The van der Waals surface area contributed by atoms with Crippen molar-refractivity contribution >= 4 is 16.9 Å². The summed E-state index contributed by atoms with van der Waals surface area (Å²) in [6.07, 6.45) is 3.29. The number of carbonyl (C=O) groups is 1. The Kier molecular flexibility index (Phi) is 2.82. The topological polar surface area (TPSA) is 116 Å². The number of aryl methyl sites for hydroxylation is 2. The van der Waals surface area contributed by atoms with Crippen LogP contribution in [0.5, 0.6) is 0 Å². The van der Waals surface area contributed by atoms with Crippen LogP contribution in [0.1, 0.15) is 21.8 Å². The molecule has 9 nitrogen and oxygen atoms in total. The molecule has 0 bridgehead atoms. The Morgan fingerprint density at radius 2 is 2.24 bits per heavy atom. The van der Waals surface area contributed by atoms with Crippen LogP contribution in [0.25, 0.3) is 10.9 Å². The first-order valence-electron chi connectivity index (χ1n) is 6.05. The molecule has 0 aliphatic carbocycles. The molecular weight excluding hydrogens is 278 g/mol. The molecule has 3 rings (SSSR count). The minimum Gasteiger partial charge on any atom is -0.476 e. The van der Waals surface area contributed by atoms with Gasteiger partial charge in [-0.2, -0.15) is 10.2 Å². The SMILES string of the molecule is Cc1onc2c(=O)n(Cc3cnn(C)c3)nc(C(=O)O)c12. The maximum absolute atomic E-state index is 12.3. The van der Waals surface area contributed by atoms with Crippen LogP contribution in [-0.2, 0) is 13.6 Å². The summed E-state index contributed by atoms with van der Waals surface area (Å²) in [6, 6.07) is 0. The average molecular weight is 289 g/mol. The standard InChI is InChI=1S/C12H11N5O4/c1-6-8-9(15-21-6)11(18)17(14-10(8)12(19)20)5-7-3-13-16(2)4-7/h3-4H,5H2,1-2H3,(H,19,20). The lowest BCUT2D eigenvalue weighted by atomic mass is 10.2. The van der Waals surface area contributed by atoms with Crippen molar-refractivity contribution in [3.05, 3.63) is 39.8 Å². The van der Waals surface area contributed by atoms with Crippen molar-refractivity contribution in [2.24, 2.45) is 7.05 Å². The van der Waals surface area contributed by atoms with Crippen LogP contribution in [0.4, 0.5) is 0 Å². The van der Waals surface area contributed by atoms with Crippen LogP contribution < -0.4 is 5.56 Å². The zero-order chi connectivity index (χ0) is 15.1. The Morgan fingerprint density at radius 1 is 1.48 bits per heavy atom. The fraction of sp³-hybridized carbons (Fsp3) is 0.250. The van der Waals surface area contributed by atoms with E-state index in [0.29, 0.717) is 0 Å². The summed E-state index contributed by atoms with van der Waals surface area (Å²) in [7, 11) is 1.74.